The zero-order valence-electron chi connectivity index (χ0n) is 11.4. The molecule has 0 aromatic rings. The molecule has 100 valence electrons. The van der Waals surface area contributed by atoms with Gasteiger partial charge in [-0.25, -0.2) is 0 Å². The molecule has 4 heteroatoms. The molecule has 1 atom stereocenters. The Labute approximate surface area is 105 Å². The summed E-state index contributed by atoms with van der Waals surface area (Å²) in [6, 6.07) is 0.757. The Morgan fingerprint density at radius 3 is 2.71 bits per heavy atom. The van der Waals surface area contributed by atoms with Crippen LogP contribution in [0.3, 0.4) is 0 Å². The van der Waals surface area contributed by atoms with Crippen LogP contribution in [0.15, 0.2) is 5.16 Å². The van der Waals surface area contributed by atoms with Crippen molar-refractivity contribution in [1.82, 2.24) is 4.90 Å². The van der Waals surface area contributed by atoms with E-state index < -0.39 is 0 Å². The second-order valence-electron chi connectivity index (χ2n) is 5.85. The van der Waals surface area contributed by atoms with Gasteiger partial charge in [0.15, 0.2) is 0 Å². The highest BCUT2D eigenvalue weighted by atomic mass is 16.4. The number of likely N-dealkylation sites (tertiary alicyclic amines) is 1. The van der Waals surface area contributed by atoms with Gasteiger partial charge in [0.1, 0.15) is 5.84 Å². The first kappa shape index (κ1) is 14.3. The summed E-state index contributed by atoms with van der Waals surface area (Å²) >= 11 is 0. The number of hydrogen-bond acceptors (Lipinski definition) is 3. The van der Waals surface area contributed by atoms with Crippen molar-refractivity contribution in [2.24, 2.45) is 16.3 Å². The average Bonchev–Trinajstić information content (AvgIpc) is 2.69. The number of nitrogens with two attached hydrogens (primary N) is 1. The van der Waals surface area contributed by atoms with Crippen LogP contribution in [0.2, 0.25) is 0 Å². The first-order valence-electron chi connectivity index (χ1n) is 6.69. The summed E-state index contributed by atoms with van der Waals surface area (Å²) in [6.07, 6.45) is 6.00. The fourth-order valence-electron chi connectivity index (χ4n) is 2.47. The molecule has 0 saturated carbocycles. The van der Waals surface area contributed by atoms with Crippen molar-refractivity contribution in [2.75, 3.05) is 13.1 Å². The lowest BCUT2D eigenvalue weighted by Crippen LogP contribution is -2.32. The van der Waals surface area contributed by atoms with Crippen LogP contribution in [0, 0.1) is 5.41 Å². The second-order valence-corrected chi connectivity index (χ2v) is 5.85. The maximum atomic E-state index is 8.69. The molecule has 0 aromatic carbocycles. The molecule has 1 heterocycles. The van der Waals surface area contributed by atoms with Crippen LogP contribution in [0.25, 0.3) is 0 Å². The molecule has 0 amide bonds. The van der Waals surface area contributed by atoms with Crippen LogP contribution in [0.4, 0.5) is 0 Å². The molecule has 0 aromatic heterocycles. The quantitative estimate of drug-likeness (QED) is 0.247. The van der Waals surface area contributed by atoms with Gasteiger partial charge in [0, 0.05) is 11.5 Å². The summed E-state index contributed by atoms with van der Waals surface area (Å²) in [5.74, 6) is 0.340. The van der Waals surface area contributed by atoms with Gasteiger partial charge in [-0.3, -0.25) is 0 Å². The Bertz CT molecular complexity index is 263. The Morgan fingerprint density at radius 2 is 2.18 bits per heavy atom. The normalized spacial score (nSPS) is 23.2. The Morgan fingerprint density at radius 1 is 1.47 bits per heavy atom. The van der Waals surface area contributed by atoms with Gasteiger partial charge >= 0.3 is 0 Å². The van der Waals surface area contributed by atoms with Crippen molar-refractivity contribution in [3.63, 3.8) is 0 Å². The smallest absolute Gasteiger partial charge is 0.144 e. The SMILES string of the molecule is CC1CCCN1CCCCC(C)(C)C(N)=NO. The van der Waals surface area contributed by atoms with Crippen molar-refractivity contribution < 1.29 is 5.21 Å². The van der Waals surface area contributed by atoms with E-state index in [4.69, 9.17) is 10.9 Å². The van der Waals surface area contributed by atoms with Crippen LogP contribution in [-0.2, 0) is 0 Å². The Hall–Kier alpha value is -0.770. The van der Waals surface area contributed by atoms with Crippen molar-refractivity contribution in [3.05, 3.63) is 0 Å². The van der Waals surface area contributed by atoms with Gasteiger partial charge < -0.3 is 15.8 Å². The van der Waals surface area contributed by atoms with Crippen molar-refractivity contribution >= 4 is 5.84 Å². The Balaban J connectivity index is 2.19. The molecule has 0 radical (unpaired) electrons. The summed E-state index contributed by atoms with van der Waals surface area (Å²) in [7, 11) is 0. The highest BCUT2D eigenvalue weighted by molar-refractivity contribution is 5.85. The fraction of sp³-hybridized carbons (Fsp3) is 0.923. The predicted octanol–water partition coefficient (Wildman–Crippen LogP) is 2.41. The van der Waals surface area contributed by atoms with Gasteiger partial charge in [0.2, 0.25) is 0 Å². The highest BCUT2D eigenvalue weighted by Crippen LogP contribution is 2.24. The third-order valence-corrected chi connectivity index (χ3v) is 3.99. The number of hydrogen-bond donors (Lipinski definition) is 2. The van der Waals surface area contributed by atoms with E-state index in [0.29, 0.717) is 5.84 Å². The van der Waals surface area contributed by atoms with Crippen LogP contribution >= 0.6 is 0 Å². The lowest BCUT2D eigenvalue weighted by atomic mass is 9.86. The number of unbranched alkanes of at least 4 members (excludes halogenated alkanes) is 1. The zero-order chi connectivity index (χ0) is 12.9. The molecule has 1 aliphatic rings. The zero-order valence-corrected chi connectivity index (χ0v) is 11.4. The lowest BCUT2D eigenvalue weighted by Gasteiger charge is -2.24. The molecule has 0 bridgehead atoms. The van der Waals surface area contributed by atoms with E-state index in [2.05, 4.69) is 17.0 Å². The standard InChI is InChI=1S/C13H27N3O/c1-11-7-6-10-16(11)9-5-4-8-13(2,3)12(14)15-17/h11,17H,4-10H2,1-3H3,(H2,14,15). The van der Waals surface area contributed by atoms with E-state index in [0.717, 1.165) is 18.9 Å². The van der Waals surface area contributed by atoms with Gasteiger partial charge in [-0.05, 0) is 45.7 Å². The Kier molecular flexibility index (Phi) is 5.25. The van der Waals surface area contributed by atoms with Gasteiger partial charge in [0.05, 0.1) is 0 Å². The van der Waals surface area contributed by atoms with E-state index in [9.17, 15) is 0 Å². The molecule has 0 aliphatic carbocycles. The summed E-state index contributed by atoms with van der Waals surface area (Å²) in [5, 5.41) is 11.8. The van der Waals surface area contributed by atoms with Crippen molar-refractivity contribution in [1.29, 1.82) is 0 Å². The molecular weight excluding hydrogens is 214 g/mol. The second kappa shape index (κ2) is 6.24. The molecule has 17 heavy (non-hydrogen) atoms. The number of oxime groups is 1. The minimum atomic E-state index is -0.189. The van der Waals surface area contributed by atoms with E-state index in [1.807, 2.05) is 13.8 Å². The topological polar surface area (TPSA) is 61.8 Å². The number of nitrogens with zero attached hydrogens (tertiary/aromatic N) is 2. The highest BCUT2D eigenvalue weighted by Gasteiger charge is 2.23. The molecule has 0 spiro atoms. The summed E-state index contributed by atoms with van der Waals surface area (Å²) < 4.78 is 0. The summed E-state index contributed by atoms with van der Waals surface area (Å²) in [4.78, 5) is 2.57. The number of amidine groups is 1. The minimum absolute atomic E-state index is 0.189. The third-order valence-electron chi connectivity index (χ3n) is 3.99. The van der Waals surface area contributed by atoms with E-state index >= 15 is 0 Å². The minimum Gasteiger partial charge on any atom is -0.409 e. The van der Waals surface area contributed by atoms with Gasteiger partial charge in [-0.2, -0.15) is 0 Å². The first-order valence-corrected chi connectivity index (χ1v) is 6.69. The van der Waals surface area contributed by atoms with Crippen LogP contribution < -0.4 is 5.73 Å². The first-order chi connectivity index (χ1) is 7.97. The molecule has 1 rings (SSSR count). The molecule has 1 unspecified atom stereocenters. The predicted molar refractivity (Wildman–Crippen MR) is 71.3 cm³/mol. The van der Waals surface area contributed by atoms with Crippen molar-refractivity contribution in [2.45, 2.75) is 58.9 Å². The largest absolute Gasteiger partial charge is 0.409 e. The molecule has 3 N–H and O–H groups in total. The van der Waals surface area contributed by atoms with Gasteiger partial charge in [-0.15, -0.1) is 0 Å². The molecule has 4 nitrogen and oxygen atoms in total. The molecule has 1 aliphatic heterocycles. The van der Waals surface area contributed by atoms with E-state index in [1.165, 1.54) is 32.4 Å². The maximum Gasteiger partial charge on any atom is 0.144 e. The number of rotatable bonds is 6. The van der Waals surface area contributed by atoms with Crippen LogP contribution in [0.1, 0.15) is 52.9 Å². The molecule has 1 saturated heterocycles. The van der Waals surface area contributed by atoms with Gasteiger partial charge in [-0.1, -0.05) is 25.4 Å². The van der Waals surface area contributed by atoms with Crippen LogP contribution in [0.5, 0.6) is 0 Å². The van der Waals surface area contributed by atoms with Gasteiger partial charge in [0.25, 0.3) is 0 Å². The van der Waals surface area contributed by atoms with E-state index in [-0.39, 0.29) is 5.41 Å². The van der Waals surface area contributed by atoms with Crippen LogP contribution in [-0.4, -0.2) is 35.1 Å². The molecule has 1 fully saturated rings. The summed E-state index contributed by atoms with van der Waals surface area (Å²) in [6.45, 7) is 8.81. The monoisotopic (exact) mass is 241 g/mol. The maximum absolute atomic E-state index is 8.69. The fourth-order valence-corrected chi connectivity index (χ4v) is 2.47. The average molecular weight is 241 g/mol. The molecular formula is C13H27N3O. The third kappa shape index (κ3) is 4.19. The lowest BCUT2D eigenvalue weighted by molar-refractivity contribution is 0.257. The summed E-state index contributed by atoms with van der Waals surface area (Å²) in [5.41, 5.74) is 5.48. The van der Waals surface area contributed by atoms with Crippen molar-refractivity contribution in [3.8, 4) is 0 Å². The van der Waals surface area contributed by atoms with E-state index in [1.54, 1.807) is 0 Å².